The second-order valence-corrected chi connectivity index (χ2v) is 10.6. The summed E-state index contributed by atoms with van der Waals surface area (Å²) in [6.07, 6.45) is 4.82. The second-order valence-electron chi connectivity index (χ2n) is 10.6. The SMILES string of the molecule is COC(=O)c1ccccc1C1=NC(C(O)CN2CC3CCCC[C@H]3CC2C(=O)NCc2ccccc2)CO1. The number of carbonyl (C=O) groups is 2. The monoisotopic (exact) mass is 519 g/mol. The fourth-order valence-corrected chi connectivity index (χ4v) is 6.13. The Bertz CT molecular complexity index is 1150. The van der Waals surface area contributed by atoms with Crippen molar-refractivity contribution in [1.82, 2.24) is 10.2 Å². The van der Waals surface area contributed by atoms with Crippen LogP contribution in [0, 0.1) is 11.8 Å². The highest BCUT2D eigenvalue weighted by atomic mass is 16.5. The van der Waals surface area contributed by atoms with Gasteiger partial charge in [-0.3, -0.25) is 9.69 Å². The molecule has 5 atom stereocenters. The molecule has 2 aromatic rings. The van der Waals surface area contributed by atoms with E-state index in [0.29, 0.717) is 41.9 Å². The van der Waals surface area contributed by atoms with Crippen LogP contribution < -0.4 is 5.32 Å². The molecule has 0 spiro atoms. The molecule has 0 radical (unpaired) electrons. The van der Waals surface area contributed by atoms with E-state index in [0.717, 1.165) is 18.5 Å². The fraction of sp³-hybridized carbons (Fsp3) is 0.500. The van der Waals surface area contributed by atoms with Crippen LogP contribution in [0.4, 0.5) is 0 Å². The number of ether oxygens (including phenoxy) is 2. The van der Waals surface area contributed by atoms with Crippen LogP contribution in [-0.4, -0.2) is 72.8 Å². The van der Waals surface area contributed by atoms with Crippen molar-refractivity contribution in [2.75, 3.05) is 26.8 Å². The van der Waals surface area contributed by atoms with Gasteiger partial charge in [-0.25, -0.2) is 9.79 Å². The van der Waals surface area contributed by atoms with Crippen molar-refractivity contribution in [3.05, 3.63) is 71.3 Å². The average molecular weight is 520 g/mol. The Morgan fingerprint density at radius 1 is 1.11 bits per heavy atom. The zero-order valence-electron chi connectivity index (χ0n) is 21.9. The number of aliphatic imine (C=N–C) groups is 1. The average Bonchev–Trinajstić information content (AvgIpc) is 3.46. The second kappa shape index (κ2) is 12.1. The van der Waals surface area contributed by atoms with Crippen LogP contribution in [0.3, 0.4) is 0 Å². The highest BCUT2D eigenvalue weighted by Crippen LogP contribution is 2.39. The number of hydrogen-bond donors (Lipinski definition) is 2. The quantitative estimate of drug-likeness (QED) is 0.520. The third-order valence-corrected chi connectivity index (χ3v) is 8.22. The summed E-state index contributed by atoms with van der Waals surface area (Å²) in [5.74, 6) is 0.997. The summed E-state index contributed by atoms with van der Waals surface area (Å²) >= 11 is 0. The van der Waals surface area contributed by atoms with Crippen LogP contribution in [0.1, 0.15) is 53.6 Å². The number of β-amino-alcohol motifs (C(OH)–C–C–N with tert-alkyl or cyclic N) is 1. The minimum Gasteiger partial charge on any atom is -0.475 e. The van der Waals surface area contributed by atoms with Crippen molar-refractivity contribution in [2.45, 2.75) is 56.8 Å². The Morgan fingerprint density at radius 3 is 2.63 bits per heavy atom. The first-order chi connectivity index (χ1) is 18.5. The summed E-state index contributed by atoms with van der Waals surface area (Å²) in [6.45, 7) is 1.86. The van der Waals surface area contributed by atoms with E-state index in [1.807, 2.05) is 36.4 Å². The van der Waals surface area contributed by atoms with Crippen molar-refractivity contribution in [1.29, 1.82) is 0 Å². The number of fused-ring (bicyclic) bond motifs is 1. The van der Waals surface area contributed by atoms with Crippen LogP contribution in [0.25, 0.3) is 0 Å². The molecule has 2 N–H and O–H groups in total. The molecular weight excluding hydrogens is 482 g/mol. The van der Waals surface area contributed by atoms with Crippen molar-refractivity contribution < 1.29 is 24.2 Å². The summed E-state index contributed by atoms with van der Waals surface area (Å²) in [7, 11) is 1.34. The molecule has 1 saturated heterocycles. The third-order valence-electron chi connectivity index (χ3n) is 8.22. The number of amides is 1. The van der Waals surface area contributed by atoms with Crippen molar-refractivity contribution in [2.24, 2.45) is 16.8 Å². The van der Waals surface area contributed by atoms with Gasteiger partial charge in [0.25, 0.3) is 0 Å². The molecule has 4 unspecified atom stereocenters. The zero-order chi connectivity index (χ0) is 26.5. The van der Waals surface area contributed by atoms with Gasteiger partial charge in [-0.05, 0) is 42.4 Å². The molecule has 1 amide bonds. The predicted octanol–water partition coefficient (Wildman–Crippen LogP) is 3.18. The van der Waals surface area contributed by atoms with Gasteiger partial charge in [-0.15, -0.1) is 0 Å². The summed E-state index contributed by atoms with van der Waals surface area (Å²) in [6, 6.07) is 16.2. The maximum Gasteiger partial charge on any atom is 0.338 e. The summed E-state index contributed by atoms with van der Waals surface area (Å²) < 4.78 is 10.7. The molecule has 1 aliphatic carbocycles. The van der Waals surface area contributed by atoms with E-state index in [1.54, 1.807) is 18.2 Å². The van der Waals surface area contributed by atoms with Crippen molar-refractivity contribution >= 4 is 17.8 Å². The van der Waals surface area contributed by atoms with Crippen molar-refractivity contribution in [3.63, 3.8) is 0 Å². The van der Waals surface area contributed by atoms with Crippen LogP contribution in [0.15, 0.2) is 59.6 Å². The van der Waals surface area contributed by atoms with Gasteiger partial charge in [0.15, 0.2) is 0 Å². The van der Waals surface area contributed by atoms with Gasteiger partial charge in [0.2, 0.25) is 11.8 Å². The smallest absolute Gasteiger partial charge is 0.338 e. The number of methoxy groups -OCH3 is 1. The largest absolute Gasteiger partial charge is 0.475 e. The number of aliphatic hydroxyl groups excluding tert-OH is 1. The Morgan fingerprint density at radius 2 is 1.84 bits per heavy atom. The fourth-order valence-electron chi connectivity index (χ4n) is 6.13. The lowest BCUT2D eigenvalue weighted by Gasteiger charge is -2.46. The van der Waals surface area contributed by atoms with E-state index >= 15 is 0 Å². The normalized spacial score (nSPS) is 26.0. The Kier molecular flexibility index (Phi) is 8.39. The van der Waals surface area contributed by atoms with Gasteiger partial charge in [-0.1, -0.05) is 61.7 Å². The molecule has 1 saturated carbocycles. The third kappa shape index (κ3) is 5.92. The number of piperidine rings is 1. The molecule has 202 valence electrons. The van der Waals surface area contributed by atoms with E-state index in [1.165, 1.54) is 32.8 Å². The summed E-state index contributed by atoms with van der Waals surface area (Å²) in [5.41, 5.74) is 1.99. The Labute approximate surface area is 224 Å². The Balaban J connectivity index is 1.28. The number of aliphatic hydroxyl groups is 1. The van der Waals surface area contributed by atoms with E-state index < -0.39 is 18.1 Å². The predicted molar refractivity (Wildman–Crippen MR) is 144 cm³/mol. The minimum absolute atomic E-state index is 0.0175. The lowest BCUT2D eigenvalue weighted by Crippen LogP contribution is -2.57. The lowest BCUT2D eigenvalue weighted by molar-refractivity contribution is -0.131. The molecule has 2 aliphatic heterocycles. The summed E-state index contributed by atoms with van der Waals surface area (Å²) in [5, 5.41) is 14.4. The number of benzene rings is 2. The molecule has 5 rings (SSSR count). The first-order valence-electron chi connectivity index (χ1n) is 13.7. The van der Waals surface area contributed by atoms with Gasteiger partial charge >= 0.3 is 5.97 Å². The highest BCUT2D eigenvalue weighted by molar-refractivity contribution is 6.05. The molecule has 38 heavy (non-hydrogen) atoms. The maximum absolute atomic E-state index is 13.4. The number of hydrogen-bond acceptors (Lipinski definition) is 7. The van der Waals surface area contributed by atoms with E-state index in [2.05, 4.69) is 15.2 Å². The number of nitrogens with zero attached hydrogens (tertiary/aromatic N) is 2. The molecule has 3 aliphatic rings. The van der Waals surface area contributed by atoms with Gasteiger partial charge < -0.3 is 19.9 Å². The molecule has 8 nitrogen and oxygen atoms in total. The zero-order valence-corrected chi connectivity index (χ0v) is 21.9. The topological polar surface area (TPSA) is 100 Å². The van der Waals surface area contributed by atoms with E-state index in [4.69, 9.17) is 9.47 Å². The number of carbonyl (C=O) groups excluding carboxylic acids is 2. The maximum atomic E-state index is 13.4. The number of esters is 1. The number of likely N-dealkylation sites (tertiary alicyclic amines) is 1. The van der Waals surface area contributed by atoms with E-state index in [9.17, 15) is 14.7 Å². The standard InChI is InChI=1S/C30H37N3O5/c1-37-30(36)24-14-8-7-13-23(24)29-32-25(19-38-29)27(34)18-33-17-22-12-6-5-11-21(22)15-26(33)28(35)31-16-20-9-3-2-4-10-20/h2-4,7-10,13-14,21-22,25-27,34H,5-6,11-12,15-19H2,1H3,(H,31,35)/t21-,22?,25?,26?,27?/m0/s1. The van der Waals surface area contributed by atoms with E-state index in [-0.39, 0.29) is 18.6 Å². The number of rotatable bonds is 8. The van der Waals surface area contributed by atoms with Gasteiger partial charge in [-0.2, -0.15) is 0 Å². The molecule has 0 aromatic heterocycles. The lowest BCUT2D eigenvalue weighted by atomic mass is 9.72. The van der Waals surface area contributed by atoms with Crippen molar-refractivity contribution in [3.8, 4) is 0 Å². The van der Waals surface area contributed by atoms with Gasteiger partial charge in [0, 0.05) is 19.6 Å². The van der Waals surface area contributed by atoms with Crippen LogP contribution >= 0.6 is 0 Å². The molecule has 2 fully saturated rings. The molecule has 0 bridgehead atoms. The number of nitrogens with one attached hydrogen (secondary N) is 1. The van der Waals surface area contributed by atoms with Crippen LogP contribution in [0.5, 0.6) is 0 Å². The molecule has 2 heterocycles. The van der Waals surface area contributed by atoms with Crippen LogP contribution in [0.2, 0.25) is 0 Å². The molecular formula is C30H37N3O5. The summed E-state index contributed by atoms with van der Waals surface area (Å²) in [4.78, 5) is 32.4. The van der Waals surface area contributed by atoms with Gasteiger partial charge in [0.1, 0.15) is 12.6 Å². The van der Waals surface area contributed by atoms with Crippen LogP contribution in [-0.2, 0) is 20.8 Å². The molecule has 2 aromatic carbocycles. The first-order valence-corrected chi connectivity index (χ1v) is 13.7. The molecule has 8 heteroatoms. The highest BCUT2D eigenvalue weighted by Gasteiger charge is 2.41. The first kappa shape index (κ1) is 26.4. The Hall–Kier alpha value is -3.23. The van der Waals surface area contributed by atoms with Gasteiger partial charge in [0.05, 0.1) is 30.4 Å². The minimum atomic E-state index is -0.803.